The SMILES string of the molecule is CS(=O)(=O)C1CCCC(S(=O)(=O)c2ncccc2N)C1. The molecule has 6 nitrogen and oxygen atoms in total. The van der Waals surface area contributed by atoms with Gasteiger partial charge in [0.2, 0.25) is 9.84 Å². The summed E-state index contributed by atoms with van der Waals surface area (Å²) >= 11 is 0. The molecule has 0 aromatic carbocycles. The van der Waals surface area contributed by atoms with Gasteiger partial charge in [0.15, 0.2) is 5.03 Å². The molecule has 112 valence electrons. The molecule has 0 radical (unpaired) electrons. The number of hydrogen-bond donors (Lipinski definition) is 1. The molecule has 1 aliphatic rings. The maximum atomic E-state index is 12.5. The average molecular weight is 318 g/mol. The molecular formula is C12H18N2O4S2. The van der Waals surface area contributed by atoms with E-state index in [1.165, 1.54) is 12.3 Å². The van der Waals surface area contributed by atoms with Crippen LogP contribution in [0.25, 0.3) is 0 Å². The number of aromatic nitrogens is 1. The van der Waals surface area contributed by atoms with Gasteiger partial charge in [-0.05, 0) is 31.4 Å². The van der Waals surface area contributed by atoms with Gasteiger partial charge in [-0.2, -0.15) is 0 Å². The zero-order valence-corrected chi connectivity index (χ0v) is 12.8. The fourth-order valence-corrected chi connectivity index (χ4v) is 5.75. The molecule has 2 rings (SSSR count). The molecule has 0 aliphatic heterocycles. The first-order chi connectivity index (χ1) is 9.23. The summed E-state index contributed by atoms with van der Waals surface area (Å²) < 4.78 is 48.3. The lowest BCUT2D eigenvalue weighted by Gasteiger charge is -2.27. The summed E-state index contributed by atoms with van der Waals surface area (Å²) in [5.74, 6) is 0. The number of nitrogens with two attached hydrogens (primary N) is 1. The summed E-state index contributed by atoms with van der Waals surface area (Å²) in [4.78, 5) is 3.85. The van der Waals surface area contributed by atoms with Crippen LogP contribution in [-0.4, -0.2) is 38.6 Å². The van der Waals surface area contributed by atoms with E-state index in [0.29, 0.717) is 19.3 Å². The maximum absolute atomic E-state index is 12.5. The molecule has 2 atom stereocenters. The number of sulfone groups is 2. The van der Waals surface area contributed by atoms with Gasteiger partial charge in [0, 0.05) is 12.5 Å². The summed E-state index contributed by atoms with van der Waals surface area (Å²) in [6.07, 6.45) is 4.19. The Kier molecular flexibility index (Phi) is 4.06. The van der Waals surface area contributed by atoms with Gasteiger partial charge in [-0.3, -0.25) is 0 Å². The third kappa shape index (κ3) is 2.95. The van der Waals surface area contributed by atoms with Crippen molar-refractivity contribution < 1.29 is 16.8 Å². The monoisotopic (exact) mass is 318 g/mol. The van der Waals surface area contributed by atoms with Gasteiger partial charge >= 0.3 is 0 Å². The standard InChI is InChI=1S/C12H18N2O4S2/c1-19(15,16)9-4-2-5-10(8-9)20(17,18)12-11(13)6-3-7-14-12/h3,6-7,9-10H,2,4-5,8,13H2,1H3. The Bertz CT molecular complexity index is 698. The predicted molar refractivity (Wildman–Crippen MR) is 76.7 cm³/mol. The minimum Gasteiger partial charge on any atom is -0.396 e. The van der Waals surface area contributed by atoms with Crippen molar-refractivity contribution in [3.63, 3.8) is 0 Å². The van der Waals surface area contributed by atoms with Crippen LogP contribution < -0.4 is 5.73 Å². The normalized spacial score (nSPS) is 24.4. The van der Waals surface area contributed by atoms with Gasteiger partial charge in [-0.15, -0.1) is 0 Å². The second-order valence-corrected chi connectivity index (χ2v) is 9.65. The molecule has 0 amide bonds. The molecule has 20 heavy (non-hydrogen) atoms. The van der Waals surface area contributed by atoms with Crippen molar-refractivity contribution in [2.75, 3.05) is 12.0 Å². The number of anilines is 1. The summed E-state index contributed by atoms with van der Waals surface area (Å²) in [6, 6.07) is 3.05. The van der Waals surface area contributed by atoms with E-state index in [1.54, 1.807) is 6.07 Å². The third-order valence-electron chi connectivity index (χ3n) is 3.69. The van der Waals surface area contributed by atoms with Crippen LogP contribution in [0.1, 0.15) is 25.7 Å². The Labute approximate surface area is 119 Å². The van der Waals surface area contributed by atoms with Gasteiger partial charge in [-0.25, -0.2) is 21.8 Å². The van der Waals surface area contributed by atoms with Gasteiger partial charge < -0.3 is 5.73 Å². The van der Waals surface area contributed by atoms with E-state index in [4.69, 9.17) is 5.73 Å². The molecule has 0 saturated heterocycles. The summed E-state index contributed by atoms with van der Waals surface area (Å²) in [7, 11) is -6.91. The van der Waals surface area contributed by atoms with E-state index in [1.807, 2.05) is 0 Å². The lowest BCUT2D eigenvalue weighted by atomic mass is 10.00. The molecule has 0 bridgehead atoms. The van der Waals surface area contributed by atoms with Crippen LogP contribution in [0.4, 0.5) is 5.69 Å². The van der Waals surface area contributed by atoms with Gasteiger partial charge in [0.05, 0.1) is 16.2 Å². The van der Waals surface area contributed by atoms with Crippen molar-refractivity contribution in [2.45, 2.75) is 41.2 Å². The maximum Gasteiger partial charge on any atom is 0.200 e. The van der Waals surface area contributed by atoms with E-state index in [0.717, 1.165) is 6.26 Å². The van der Waals surface area contributed by atoms with Crippen LogP contribution in [0.15, 0.2) is 23.4 Å². The molecule has 1 saturated carbocycles. The highest BCUT2D eigenvalue weighted by Crippen LogP contribution is 2.32. The molecular weight excluding hydrogens is 300 g/mol. The second kappa shape index (κ2) is 5.33. The highest BCUT2D eigenvalue weighted by atomic mass is 32.2. The van der Waals surface area contributed by atoms with Crippen LogP contribution in [0.3, 0.4) is 0 Å². The van der Waals surface area contributed by atoms with E-state index >= 15 is 0 Å². The largest absolute Gasteiger partial charge is 0.396 e. The third-order valence-corrected chi connectivity index (χ3v) is 7.52. The fraction of sp³-hybridized carbons (Fsp3) is 0.583. The summed E-state index contributed by atoms with van der Waals surface area (Å²) in [5, 5.41) is -1.46. The quantitative estimate of drug-likeness (QED) is 0.883. The van der Waals surface area contributed by atoms with Crippen molar-refractivity contribution in [3.05, 3.63) is 18.3 Å². The van der Waals surface area contributed by atoms with Crippen LogP contribution in [0.2, 0.25) is 0 Å². The Morgan fingerprint density at radius 2 is 1.85 bits per heavy atom. The summed E-state index contributed by atoms with van der Waals surface area (Å²) in [5.41, 5.74) is 5.78. The topological polar surface area (TPSA) is 107 Å². The molecule has 1 aliphatic carbocycles. The average Bonchev–Trinajstić information content (AvgIpc) is 2.38. The van der Waals surface area contributed by atoms with E-state index in [-0.39, 0.29) is 17.1 Å². The molecule has 1 aromatic rings. The van der Waals surface area contributed by atoms with Crippen LogP contribution in [0.5, 0.6) is 0 Å². The Morgan fingerprint density at radius 1 is 1.20 bits per heavy atom. The number of pyridine rings is 1. The van der Waals surface area contributed by atoms with Crippen molar-refractivity contribution >= 4 is 25.4 Å². The number of hydrogen-bond acceptors (Lipinski definition) is 6. The van der Waals surface area contributed by atoms with Crippen molar-refractivity contribution in [1.29, 1.82) is 0 Å². The van der Waals surface area contributed by atoms with Crippen LogP contribution in [-0.2, 0) is 19.7 Å². The predicted octanol–water partition coefficient (Wildman–Crippen LogP) is 0.793. The zero-order valence-electron chi connectivity index (χ0n) is 11.2. The number of rotatable bonds is 3. The molecule has 1 heterocycles. The molecule has 2 unspecified atom stereocenters. The van der Waals surface area contributed by atoms with E-state index in [9.17, 15) is 16.8 Å². The minimum atomic E-state index is -3.69. The second-order valence-electron chi connectivity index (χ2n) is 5.18. The first-order valence-corrected chi connectivity index (χ1v) is 9.86. The minimum absolute atomic E-state index is 0.106. The van der Waals surface area contributed by atoms with Crippen molar-refractivity contribution in [2.24, 2.45) is 0 Å². The van der Waals surface area contributed by atoms with Gasteiger partial charge in [0.25, 0.3) is 0 Å². The highest BCUT2D eigenvalue weighted by Gasteiger charge is 2.37. The molecule has 0 spiro atoms. The lowest BCUT2D eigenvalue weighted by molar-refractivity contribution is 0.472. The van der Waals surface area contributed by atoms with Gasteiger partial charge in [-0.1, -0.05) is 6.42 Å². The lowest BCUT2D eigenvalue weighted by Crippen LogP contribution is -2.35. The van der Waals surface area contributed by atoms with E-state index in [2.05, 4.69) is 4.98 Å². The fourth-order valence-electron chi connectivity index (χ4n) is 2.57. The van der Waals surface area contributed by atoms with Crippen molar-refractivity contribution in [3.8, 4) is 0 Å². The first kappa shape index (κ1) is 15.2. The Morgan fingerprint density at radius 3 is 2.45 bits per heavy atom. The molecule has 1 aromatic heterocycles. The Hall–Kier alpha value is -1.15. The van der Waals surface area contributed by atoms with Crippen LogP contribution in [0, 0.1) is 0 Å². The van der Waals surface area contributed by atoms with E-state index < -0.39 is 30.2 Å². The highest BCUT2D eigenvalue weighted by molar-refractivity contribution is 7.92. The number of nitrogens with zero attached hydrogens (tertiary/aromatic N) is 1. The van der Waals surface area contributed by atoms with Crippen LogP contribution >= 0.6 is 0 Å². The molecule has 1 fully saturated rings. The number of nitrogen functional groups attached to an aromatic ring is 1. The van der Waals surface area contributed by atoms with Crippen molar-refractivity contribution in [1.82, 2.24) is 4.98 Å². The summed E-state index contributed by atoms with van der Waals surface area (Å²) in [6.45, 7) is 0. The smallest absolute Gasteiger partial charge is 0.200 e. The molecule has 8 heteroatoms. The zero-order chi connectivity index (χ0) is 15.0. The Balaban J connectivity index is 2.33. The van der Waals surface area contributed by atoms with Gasteiger partial charge in [0.1, 0.15) is 9.84 Å². The first-order valence-electron chi connectivity index (χ1n) is 6.36. The molecule has 2 N–H and O–H groups in total.